The second-order valence-electron chi connectivity index (χ2n) is 4.28. The molecule has 0 aliphatic carbocycles. The lowest BCUT2D eigenvalue weighted by Crippen LogP contribution is -2.13. The van der Waals surface area contributed by atoms with Crippen molar-refractivity contribution >= 4 is 0 Å². The lowest BCUT2D eigenvalue weighted by molar-refractivity contribution is 0.0543. The number of hydrogen-bond donors (Lipinski definition) is 1. The minimum absolute atomic E-state index is 0.0879. The van der Waals surface area contributed by atoms with E-state index in [2.05, 4.69) is 0 Å². The molecule has 0 radical (unpaired) electrons. The maximum atomic E-state index is 13.7. The zero-order valence-corrected chi connectivity index (χ0v) is 10.2. The monoisotopic (exact) mass is 226 g/mol. The molecule has 1 N–H and O–H groups in total. The van der Waals surface area contributed by atoms with Crippen LogP contribution in [0.5, 0.6) is 0 Å². The van der Waals surface area contributed by atoms with Gasteiger partial charge in [-0.3, -0.25) is 0 Å². The molecule has 90 valence electrons. The van der Waals surface area contributed by atoms with Gasteiger partial charge in [-0.15, -0.1) is 0 Å². The van der Waals surface area contributed by atoms with Gasteiger partial charge >= 0.3 is 0 Å². The second-order valence-corrected chi connectivity index (χ2v) is 4.28. The molecule has 1 rings (SSSR count). The summed E-state index contributed by atoms with van der Waals surface area (Å²) < 4.78 is 18.8. The summed E-state index contributed by atoms with van der Waals surface area (Å²) in [7, 11) is 1.58. The van der Waals surface area contributed by atoms with Crippen molar-refractivity contribution in [3.63, 3.8) is 0 Å². The van der Waals surface area contributed by atoms with E-state index in [4.69, 9.17) is 4.74 Å². The van der Waals surface area contributed by atoms with Crippen LogP contribution in [0.25, 0.3) is 0 Å². The fourth-order valence-electron chi connectivity index (χ4n) is 1.88. The highest BCUT2D eigenvalue weighted by molar-refractivity contribution is 5.33. The number of halogens is 1. The summed E-state index contributed by atoms with van der Waals surface area (Å²) >= 11 is 0. The van der Waals surface area contributed by atoms with E-state index in [1.807, 2.05) is 26.8 Å². The lowest BCUT2D eigenvalue weighted by Gasteiger charge is -2.18. The maximum absolute atomic E-state index is 13.7. The minimum atomic E-state index is -0.810. The Morgan fingerprint density at radius 2 is 2.00 bits per heavy atom. The highest BCUT2D eigenvalue weighted by Gasteiger charge is 2.18. The van der Waals surface area contributed by atoms with Crippen LogP contribution in [0.2, 0.25) is 0 Å². The smallest absolute Gasteiger partial charge is 0.129 e. The molecule has 0 aliphatic heterocycles. The van der Waals surface area contributed by atoms with Crippen LogP contribution >= 0.6 is 0 Å². The topological polar surface area (TPSA) is 29.5 Å². The summed E-state index contributed by atoms with van der Waals surface area (Å²) in [5, 5.41) is 9.95. The van der Waals surface area contributed by atoms with Crippen LogP contribution in [0.3, 0.4) is 0 Å². The molecule has 0 saturated heterocycles. The summed E-state index contributed by atoms with van der Waals surface area (Å²) in [5.41, 5.74) is 2.04. The Morgan fingerprint density at radius 3 is 2.50 bits per heavy atom. The van der Waals surface area contributed by atoms with E-state index in [0.29, 0.717) is 12.0 Å². The summed E-state index contributed by atoms with van der Waals surface area (Å²) in [4.78, 5) is 0. The highest BCUT2D eigenvalue weighted by atomic mass is 19.1. The molecular formula is C13H19FO2. The van der Waals surface area contributed by atoms with Gasteiger partial charge in [-0.05, 0) is 38.0 Å². The Bertz CT molecular complexity index is 340. The van der Waals surface area contributed by atoms with E-state index < -0.39 is 6.10 Å². The zero-order valence-electron chi connectivity index (χ0n) is 10.2. The van der Waals surface area contributed by atoms with E-state index in [1.165, 1.54) is 6.07 Å². The molecular weight excluding hydrogens is 207 g/mol. The summed E-state index contributed by atoms with van der Waals surface area (Å²) in [6.07, 6.45) is -0.497. The van der Waals surface area contributed by atoms with E-state index in [-0.39, 0.29) is 11.9 Å². The molecule has 0 fully saturated rings. The second kappa shape index (κ2) is 5.41. The normalized spacial score (nSPS) is 14.9. The molecule has 1 aromatic carbocycles. The number of rotatable bonds is 4. The zero-order chi connectivity index (χ0) is 12.3. The number of aliphatic hydroxyl groups is 1. The fraction of sp³-hybridized carbons (Fsp3) is 0.538. The van der Waals surface area contributed by atoms with Crippen molar-refractivity contribution in [2.75, 3.05) is 7.11 Å². The predicted octanol–water partition coefficient (Wildman–Crippen LogP) is 2.90. The standard InChI is InChI=1S/C13H19FO2/c1-8-5-9(2)13(11(14)6-8)12(15)7-10(3)16-4/h5-6,10,12,15H,7H2,1-4H3. The van der Waals surface area contributed by atoms with Gasteiger partial charge in [-0.2, -0.15) is 0 Å². The van der Waals surface area contributed by atoms with Gasteiger partial charge in [0.2, 0.25) is 0 Å². The number of methoxy groups -OCH3 is 1. The Balaban J connectivity index is 2.95. The number of aliphatic hydroxyl groups excluding tert-OH is 1. The van der Waals surface area contributed by atoms with Crippen molar-refractivity contribution in [1.29, 1.82) is 0 Å². The third-order valence-corrected chi connectivity index (χ3v) is 2.77. The third-order valence-electron chi connectivity index (χ3n) is 2.77. The summed E-state index contributed by atoms with van der Waals surface area (Å²) in [6, 6.07) is 3.32. The average molecular weight is 226 g/mol. The molecule has 0 aliphatic rings. The molecule has 0 saturated carbocycles. The molecule has 0 heterocycles. The first kappa shape index (κ1) is 13.1. The molecule has 2 nitrogen and oxygen atoms in total. The van der Waals surface area contributed by atoms with Crippen molar-refractivity contribution in [1.82, 2.24) is 0 Å². The van der Waals surface area contributed by atoms with Gasteiger partial charge in [0, 0.05) is 19.1 Å². The number of benzene rings is 1. The molecule has 0 spiro atoms. The Hall–Kier alpha value is -0.930. The predicted molar refractivity (Wildman–Crippen MR) is 61.9 cm³/mol. The van der Waals surface area contributed by atoms with Crippen LogP contribution in [0.1, 0.15) is 36.1 Å². The van der Waals surface area contributed by atoms with Crippen LogP contribution in [0, 0.1) is 19.7 Å². The molecule has 2 atom stereocenters. The first-order chi connectivity index (χ1) is 7.45. The molecule has 0 bridgehead atoms. The Labute approximate surface area is 96.1 Å². The molecule has 3 heteroatoms. The van der Waals surface area contributed by atoms with Gasteiger partial charge in [0.15, 0.2) is 0 Å². The fourth-order valence-corrected chi connectivity index (χ4v) is 1.88. The van der Waals surface area contributed by atoms with Crippen LogP contribution in [-0.4, -0.2) is 18.3 Å². The first-order valence-corrected chi connectivity index (χ1v) is 5.43. The summed E-state index contributed by atoms with van der Waals surface area (Å²) in [6.45, 7) is 5.50. The quantitative estimate of drug-likeness (QED) is 0.855. The van der Waals surface area contributed by atoms with Crippen molar-refractivity contribution in [3.8, 4) is 0 Å². The molecule has 0 amide bonds. The summed E-state index contributed by atoms with van der Waals surface area (Å²) in [5.74, 6) is -0.340. The van der Waals surface area contributed by atoms with Crippen molar-refractivity contribution in [2.45, 2.75) is 39.4 Å². The van der Waals surface area contributed by atoms with Crippen LogP contribution in [-0.2, 0) is 4.74 Å². The van der Waals surface area contributed by atoms with Gasteiger partial charge in [0.05, 0.1) is 12.2 Å². The van der Waals surface area contributed by atoms with Gasteiger partial charge in [0.25, 0.3) is 0 Å². The van der Waals surface area contributed by atoms with Crippen LogP contribution in [0.4, 0.5) is 4.39 Å². The highest BCUT2D eigenvalue weighted by Crippen LogP contribution is 2.26. The van der Waals surface area contributed by atoms with Gasteiger partial charge in [0.1, 0.15) is 5.82 Å². The van der Waals surface area contributed by atoms with Crippen LogP contribution < -0.4 is 0 Å². The van der Waals surface area contributed by atoms with Crippen LogP contribution in [0.15, 0.2) is 12.1 Å². The maximum Gasteiger partial charge on any atom is 0.129 e. The minimum Gasteiger partial charge on any atom is -0.388 e. The van der Waals surface area contributed by atoms with E-state index >= 15 is 0 Å². The molecule has 1 aromatic rings. The average Bonchev–Trinajstić information content (AvgIpc) is 2.15. The Morgan fingerprint density at radius 1 is 1.38 bits per heavy atom. The molecule has 2 unspecified atom stereocenters. The third kappa shape index (κ3) is 3.03. The van der Waals surface area contributed by atoms with Gasteiger partial charge in [-0.1, -0.05) is 6.07 Å². The molecule has 16 heavy (non-hydrogen) atoms. The van der Waals surface area contributed by atoms with Gasteiger partial charge < -0.3 is 9.84 Å². The van der Waals surface area contributed by atoms with E-state index in [9.17, 15) is 9.50 Å². The van der Waals surface area contributed by atoms with Crippen molar-refractivity contribution in [2.24, 2.45) is 0 Å². The van der Waals surface area contributed by atoms with Crippen molar-refractivity contribution in [3.05, 3.63) is 34.6 Å². The SMILES string of the molecule is COC(C)CC(O)c1c(C)cc(C)cc1F. The van der Waals surface area contributed by atoms with E-state index in [1.54, 1.807) is 7.11 Å². The number of hydrogen-bond acceptors (Lipinski definition) is 2. The largest absolute Gasteiger partial charge is 0.388 e. The van der Waals surface area contributed by atoms with E-state index in [0.717, 1.165) is 11.1 Å². The van der Waals surface area contributed by atoms with Gasteiger partial charge in [-0.25, -0.2) is 4.39 Å². The number of ether oxygens (including phenoxy) is 1. The van der Waals surface area contributed by atoms with Crippen molar-refractivity contribution < 1.29 is 14.2 Å². The lowest BCUT2D eigenvalue weighted by atomic mass is 9.97. The number of aryl methyl sites for hydroxylation is 2. The first-order valence-electron chi connectivity index (χ1n) is 5.43. The molecule has 0 aromatic heterocycles. The Kier molecular flexibility index (Phi) is 4.44.